The highest BCUT2D eigenvalue weighted by atomic mass is 32.2. The molecule has 0 aliphatic rings. The molecule has 0 spiro atoms. The minimum absolute atomic E-state index is 0.317. The molecule has 4 nitrogen and oxygen atoms in total. The van der Waals surface area contributed by atoms with Gasteiger partial charge in [-0.15, -0.1) is 10.2 Å². The number of ether oxygens (including phenoxy) is 1. The van der Waals surface area contributed by atoms with Crippen molar-refractivity contribution in [2.75, 3.05) is 0 Å². The maximum absolute atomic E-state index is 12.9. The predicted molar refractivity (Wildman–Crippen MR) is 112 cm³/mol. The Hall–Kier alpha value is -2.48. The van der Waals surface area contributed by atoms with E-state index in [2.05, 4.69) is 10.2 Å². The summed E-state index contributed by atoms with van der Waals surface area (Å²) < 4.78 is 46.7. The number of nitrogens with zero attached hydrogens (tertiary/aromatic N) is 3. The zero-order chi connectivity index (χ0) is 21.9. The zero-order valence-electron chi connectivity index (χ0n) is 17.3. The summed E-state index contributed by atoms with van der Waals surface area (Å²) in [6.07, 6.45) is -4.67. The van der Waals surface area contributed by atoms with Crippen molar-refractivity contribution in [3.05, 3.63) is 70.5 Å². The van der Waals surface area contributed by atoms with E-state index in [1.807, 2.05) is 50.5 Å². The molecule has 160 valence electrons. The van der Waals surface area contributed by atoms with Gasteiger partial charge in [-0.1, -0.05) is 36.0 Å². The smallest absolute Gasteiger partial charge is 0.416 e. The molecule has 8 heteroatoms. The molecule has 1 unspecified atom stereocenters. The highest BCUT2D eigenvalue weighted by Crippen LogP contribution is 2.32. The molecule has 1 aromatic heterocycles. The highest BCUT2D eigenvalue weighted by Gasteiger charge is 2.30. The van der Waals surface area contributed by atoms with Crippen molar-refractivity contribution < 1.29 is 17.9 Å². The summed E-state index contributed by atoms with van der Waals surface area (Å²) in [5.41, 5.74) is 2.28. The fraction of sp³-hybridized carbons (Fsp3) is 0.364. The first-order valence-electron chi connectivity index (χ1n) is 9.65. The van der Waals surface area contributed by atoms with Crippen molar-refractivity contribution >= 4 is 11.8 Å². The predicted octanol–water partition coefficient (Wildman–Crippen LogP) is 6.37. The number of thioether (sulfide) groups is 1. The van der Waals surface area contributed by atoms with Crippen molar-refractivity contribution in [3.63, 3.8) is 0 Å². The minimum atomic E-state index is -4.35. The lowest BCUT2D eigenvalue weighted by atomic mass is 10.1. The van der Waals surface area contributed by atoms with E-state index in [1.165, 1.54) is 29.5 Å². The number of hydrogen-bond acceptors (Lipinski definition) is 4. The summed E-state index contributed by atoms with van der Waals surface area (Å²) in [4.78, 5) is 0. The van der Waals surface area contributed by atoms with Crippen LogP contribution in [0.15, 0.2) is 47.6 Å². The van der Waals surface area contributed by atoms with Crippen molar-refractivity contribution in [2.24, 2.45) is 0 Å². The fourth-order valence-corrected chi connectivity index (χ4v) is 3.99. The summed E-state index contributed by atoms with van der Waals surface area (Å²) in [6, 6.07) is 11.3. The van der Waals surface area contributed by atoms with Gasteiger partial charge < -0.3 is 9.30 Å². The van der Waals surface area contributed by atoms with Gasteiger partial charge in [0.15, 0.2) is 17.1 Å². The number of halogens is 3. The number of aromatic nitrogens is 3. The van der Waals surface area contributed by atoms with Crippen LogP contribution in [0.3, 0.4) is 0 Å². The van der Waals surface area contributed by atoms with E-state index in [9.17, 15) is 13.2 Å². The molecular formula is C22H24F3N3OS. The van der Waals surface area contributed by atoms with Crippen LogP contribution < -0.4 is 4.74 Å². The van der Waals surface area contributed by atoms with Gasteiger partial charge in [0.1, 0.15) is 5.75 Å². The van der Waals surface area contributed by atoms with Crippen molar-refractivity contribution in [1.82, 2.24) is 14.8 Å². The number of aryl methyl sites for hydroxylation is 2. The molecule has 0 fully saturated rings. The first-order valence-corrected chi connectivity index (χ1v) is 10.6. The quantitative estimate of drug-likeness (QED) is 0.405. The number of rotatable bonds is 7. The van der Waals surface area contributed by atoms with Crippen LogP contribution in [0.4, 0.5) is 13.2 Å². The molecule has 2 aromatic carbocycles. The molecule has 1 atom stereocenters. The first-order chi connectivity index (χ1) is 14.2. The third kappa shape index (κ3) is 5.16. The van der Waals surface area contributed by atoms with Crippen molar-refractivity contribution in [1.29, 1.82) is 0 Å². The summed E-state index contributed by atoms with van der Waals surface area (Å²) in [7, 11) is 0. The van der Waals surface area contributed by atoms with Crippen LogP contribution in [0, 0.1) is 13.8 Å². The van der Waals surface area contributed by atoms with Gasteiger partial charge in [-0.05, 0) is 62.6 Å². The van der Waals surface area contributed by atoms with Crippen LogP contribution in [0.5, 0.6) is 5.75 Å². The van der Waals surface area contributed by atoms with Gasteiger partial charge in [-0.2, -0.15) is 13.2 Å². The van der Waals surface area contributed by atoms with E-state index in [1.54, 1.807) is 6.07 Å². The molecule has 3 aromatic rings. The van der Waals surface area contributed by atoms with E-state index in [-0.39, 0.29) is 6.10 Å². The van der Waals surface area contributed by atoms with Crippen LogP contribution in [0.2, 0.25) is 0 Å². The Morgan fingerprint density at radius 2 is 1.83 bits per heavy atom. The first kappa shape index (κ1) is 22.2. The Morgan fingerprint density at radius 3 is 2.50 bits per heavy atom. The van der Waals surface area contributed by atoms with E-state index < -0.39 is 11.7 Å². The standard InChI is InChI=1S/C22H24F3N3OS/c1-5-28-20(16(4)29-19-10-9-14(2)15(3)11-19)26-27-21(28)30-13-17-7-6-8-18(12-17)22(23,24)25/h6-12,16H,5,13H2,1-4H3. The molecular weight excluding hydrogens is 411 g/mol. The number of benzene rings is 2. The Balaban J connectivity index is 1.73. The van der Waals surface area contributed by atoms with E-state index >= 15 is 0 Å². The Bertz CT molecular complexity index is 1020. The van der Waals surface area contributed by atoms with E-state index in [0.29, 0.717) is 28.8 Å². The lowest BCUT2D eigenvalue weighted by Crippen LogP contribution is -2.12. The number of alkyl halides is 3. The van der Waals surface area contributed by atoms with Gasteiger partial charge in [0.25, 0.3) is 0 Å². The maximum atomic E-state index is 12.9. The Labute approximate surface area is 178 Å². The summed E-state index contributed by atoms with van der Waals surface area (Å²) in [6.45, 7) is 8.60. The molecule has 0 aliphatic heterocycles. The Morgan fingerprint density at radius 1 is 1.07 bits per heavy atom. The van der Waals surface area contributed by atoms with E-state index in [4.69, 9.17) is 4.74 Å². The lowest BCUT2D eigenvalue weighted by Gasteiger charge is -2.16. The van der Waals surface area contributed by atoms with Crippen molar-refractivity contribution in [3.8, 4) is 5.75 Å². The van der Waals surface area contributed by atoms with E-state index in [0.717, 1.165) is 17.4 Å². The SMILES string of the molecule is CCn1c(SCc2cccc(C(F)(F)F)c2)nnc1C(C)Oc1ccc(C)c(C)c1. The molecule has 3 rings (SSSR count). The summed E-state index contributed by atoms with van der Waals surface area (Å²) in [5.74, 6) is 1.81. The molecule has 0 amide bonds. The van der Waals surface area contributed by atoms with Gasteiger partial charge in [0.2, 0.25) is 0 Å². The van der Waals surface area contributed by atoms with Crippen LogP contribution in [0.25, 0.3) is 0 Å². The minimum Gasteiger partial charge on any atom is -0.483 e. The second-order valence-corrected chi connectivity index (χ2v) is 8.02. The van der Waals surface area contributed by atoms with Gasteiger partial charge in [0.05, 0.1) is 5.56 Å². The number of hydrogen-bond donors (Lipinski definition) is 0. The van der Waals surface area contributed by atoms with Gasteiger partial charge >= 0.3 is 6.18 Å². The normalized spacial score (nSPS) is 12.8. The molecule has 1 heterocycles. The van der Waals surface area contributed by atoms with Crippen LogP contribution in [0.1, 0.15) is 48.0 Å². The highest BCUT2D eigenvalue weighted by molar-refractivity contribution is 7.98. The maximum Gasteiger partial charge on any atom is 0.416 e. The van der Waals surface area contributed by atoms with Crippen molar-refractivity contribution in [2.45, 2.75) is 57.4 Å². The molecule has 0 bridgehead atoms. The van der Waals surface area contributed by atoms with Gasteiger partial charge in [-0.3, -0.25) is 0 Å². The topological polar surface area (TPSA) is 39.9 Å². The third-order valence-electron chi connectivity index (χ3n) is 4.84. The second-order valence-electron chi connectivity index (χ2n) is 7.08. The summed E-state index contributed by atoms with van der Waals surface area (Å²) >= 11 is 1.36. The average molecular weight is 436 g/mol. The largest absolute Gasteiger partial charge is 0.483 e. The average Bonchev–Trinajstić information content (AvgIpc) is 3.12. The monoisotopic (exact) mass is 435 g/mol. The third-order valence-corrected chi connectivity index (χ3v) is 5.88. The lowest BCUT2D eigenvalue weighted by molar-refractivity contribution is -0.137. The van der Waals surface area contributed by atoms with Crippen LogP contribution >= 0.6 is 11.8 Å². The molecule has 30 heavy (non-hydrogen) atoms. The molecule has 0 saturated carbocycles. The zero-order valence-corrected chi connectivity index (χ0v) is 18.1. The van der Waals surface area contributed by atoms with Crippen LogP contribution in [-0.2, 0) is 18.5 Å². The second kappa shape index (κ2) is 9.12. The summed E-state index contributed by atoms with van der Waals surface area (Å²) in [5, 5.41) is 9.17. The molecule has 0 saturated heterocycles. The molecule has 0 radical (unpaired) electrons. The van der Waals surface area contributed by atoms with Gasteiger partial charge in [-0.25, -0.2) is 0 Å². The van der Waals surface area contributed by atoms with Crippen LogP contribution in [-0.4, -0.2) is 14.8 Å². The molecule has 0 N–H and O–H groups in total. The Kier molecular flexibility index (Phi) is 6.75. The molecule has 0 aliphatic carbocycles. The van der Waals surface area contributed by atoms with Gasteiger partial charge in [0, 0.05) is 12.3 Å². The fourth-order valence-electron chi connectivity index (χ4n) is 3.03.